The summed E-state index contributed by atoms with van der Waals surface area (Å²) >= 11 is 0. The summed E-state index contributed by atoms with van der Waals surface area (Å²) in [6.45, 7) is 0. The predicted molar refractivity (Wildman–Crippen MR) is 82.5 cm³/mol. The molecular weight excluding hydrogens is 301 g/mol. The number of rotatable bonds is 5. The molecule has 1 atom stereocenters. The number of aliphatic carboxylic acids is 1. The number of hydrogen-bond donors (Lipinski definition) is 3. The number of allylic oxidation sites excluding steroid dienone is 1. The van der Waals surface area contributed by atoms with Crippen molar-refractivity contribution in [3.8, 4) is 5.75 Å². The minimum absolute atomic E-state index is 0.0541. The van der Waals surface area contributed by atoms with Crippen molar-refractivity contribution in [3.05, 3.63) is 41.2 Å². The molecule has 0 saturated heterocycles. The van der Waals surface area contributed by atoms with Gasteiger partial charge in [-0.1, -0.05) is 18.1 Å². The zero-order valence-corrected chi connectivity index (χ0v) is 12.7. The molecule has 0 bridgehead atoms. The first-order chi connectivity index (χ1) is 11.0. The number of phenolic OH excluding ortho intramolecular Hbond substituents is 1. The number of carboxylic acids is 1. The number of nitrogens with one attached hydrogen (secondary N) is 1. The Kier molecular flexibility index (Phi) is 5.73. The second kappa shape index (κ2) is 7.76. The third-order valence-electron chi connectivity index (χ3n) is 3.90. The average molecular weight is 321 g/mol. The highest BCUT2D eigenvalue weighted by atomic mass is 19.1. The summed E-state index contributed by atoms with van der Waals surface area (Å²) in [6, 6.07) is 2.51. The number of carboxylic acid groups (broad SMARTS) is 1. The topological polar surface area (TPSA) is 86.6 Å². The molecular formula is C17H20FNO4. The Labute approximate surface area is 133 Å². The fourth-order valence-electron chi connectivity index (χ4n) is 2.66. The van der Waals surface area contributed by atoms with E-state index in [-0.39, 0.29) is 6.42 Å². The van der Waals surface area contributed by atoms with Crippen LogP contribution in [0.4, 0.5) is 4.39 Å². The molecule has 23 heavy (non-hydrogen) atoms. The standard InChI is InChI=1S/C17H20FNO4/c18-13-8-12(6-7-15(13)20)9-14(17(22)23)19-16(21)10-11-4-2-1-3-5-11/h6-8,10,14,20H,1-5,9H2,(H,19,21)(H,22,23). The van der Waals surface area contributed by atoms with Gasteiger partial charge in [0.05, 0.1) is 0 Å². The highest BCUT2D eigenvalue weighted by Crippen LogP contribution is 2.22. The van der Waals surface area contributed by atoms with Crippen molar-refractivity contribution in [2.24, 2.45) is 0 Å². The molecule has 1 aromatic rings. The number of carbonyl (C=O) groups excluding carboxylic acids is 1. The molecule has 5 nitrogen and oxygen atoms in total. The van der Waals surface area contributed by atoms with E-state index in [0.29, 0.717) is 5.56 Å². The zero-order chi connectivity index (χ0) is 16.8. The predicted octanol–water partition coefficient (Wildman–Crippen LogP) is 2.53. The summed E-state index contributed by atoms with van der Waals surface area (Å²) in [6.07, 6.45) is 6.42. The van der Waals surface area contributed by atoms with Crippen molar-refractivity contribution in [1.29, 1.82) is 0 Å². The van der Waals surface area contributed by atoms with E-state index in [2.05, 4.69) is 5.32 Å². The van der Waals surface area contributed by atoms with Gasteiger partial charge < -0.3 is 15.5 Å². The SMILES string of the molecule is O=C(C=C1CCCCC1)NC(Cc1ccc(O)c(F)c1)C(=O)O. The van der Waals surface area contributed by atoms with E-state index in [1.54, 1.807) is 0 Å². The third-order valence-corrected chi connectivity index (χ3v) is 3.90. The van der Waals surface area contributed by atoms with Crippen LogP contribution in [0.15, 0.2) is 29.8 Å². The molecule has 0 aromatic heterocycles. The Hall–Kier alpha value is -2.37. The first kappa shape index (κ1) is 17.0. The van der Waals surface area contributed by atoms with Crippen LogP contribution in [0.5, 0.6) is 5.75 Å². The van der Waals surface area contributed by atoms with Gasteiger partial charge in [-0.15, -0.1) is 0 Å². The van der Waals surface area contributed by atoms with E-state index in [9.17, 15) is 19.1 Å². The number of aromatic hydroxyl groups is 1. The Morgan fingerprint density at radius 1 is 1.26 bits per heavy atom. The fourth-order valence-corrected chi connectivity index (χ4v) is 2.66. The molecule has 1 amide bonds. The number of phenols is 1. The number of carbonyl (C=O) groups is 2. The lowest BCUT2D eigenvalue weighted by atomic mass is 9.94. The van der Waals surface area contributed by atoms with Crippen LogP contribution in [-0.2, 0) is 16.0 Å². The Morgan fingerprint density at radius 3 is 2.57 bits per heavy atom. The maximum absolute atomic E-state index is 13.3. The number of hydrogen-bond acceptors (Lipinski definition) is 3. The van der Waals surface area contributed by atoms with Gasteiger partial charge in [0.1, 0.15) is 6.04 Å². The number of benzene rings is 1. The first-order valence-corrected chi connectivity index (χ1v) is 7.66. The number of halogens is 1. The minimum atomic E-state index is -1.19. The lowest BCUT2D eigenvalue weighted by Gasteiger charge is -2.16. The van der Waals surface area contributed by atoms with Crippen molar-refractivity contribution in [3.63, 3.8) is 0 Å². The monoisotopic (exact) mass is 321 g/mol. The van der Waals surface area contributed by atoms with Gasteiger partial charge in [0.25, 0.3) is 0 Å². The van der Waals surface area contributed by atoms with Crippen LogP contribution in [0.2, 0.25) is 0 Å². The van der Waals surface area contributed by atoms with E-state index < -0.39 is 29.5 Å². The van der Waals surface area contributed by atoms with Crippen LogP contribution in [0.1, 0.15) is 37.7 Å². The van der Waals surface area contributed by atoms with Gasteiger partial charge in [-0.25, -0.2) is 9.18 Å². The molecule has 1 unspecified atom stereocenters. The van der Waals surface area contributed by atoms with E-state index in [4.69, 9.17) is 5.11 Å². The summed E-state index contributed by atoms with van der Waals surface area (Å²) in [5.41, 5.74) is 1.42. The molecule has 124 valence electrons. The van der Waals surface area contributed by atoms with Gasteiger partial charge >= 0.3 is 5.97 Å². The number of amides is 1. The van der Waals surface area contributed by atoms with Gasteiger partial charge in [-0.3, -0.25) is 4.79 Å². The van der Waals surface area contributed by atoms with Gasteiger partial charge in [0.2, 0.25) is 5.91 Å². The van der Waals surface area contributed by atoms with Crippen LogP contribution in [0.25, 0.3) is 0 Å². The van der Waals surface area contributed by atoms with Crippen molar-refractivity contribution >= 4 is 11.9 Å². The molecule has 0 aliphatic heterocycles. The molecule has 2 rings (SSSR count). The molecule has 0 spiro atoms. The molecule has 1 aliphatic carbocycles. The second-order valence-electron chi connectivity index (χ2n) is 5.75. The fraction of sp³-hybridized carbons (Fsp3) is 0.412. The lowest BCUT2D eigenvalue weighted by Crippen LogP contribution is -2.41. The maximum Gasteiger partial charge on any atom is 0.326 e. The molecule has 6 heteroatoms. The van der Waals surface area contributed by atoms with Gasteiger partial charge in [-0.2, -0.15) is 0 Å². The van der Waals surface area contributed by atoms with E-state index >= 15 is 0 Å². The van der Waals surface area contributed by atoms with Crippen molar-refractivity contribution in [2.45, 2.75) is 44.6 Å². The molecule has 0 heterocycles. The van der Waals surface area contributed by atoms with Crippen LogP contribution in [0, 0.1) is 5.82 Å². The minimum Gasteiger partial charge on any atom is -0.505 e. The largest absolute Gasteiger partial charge is 0.505 e. The summed E-state index contributed by atoms with van der Waals surface area (Å²) in [7, 11) is 0. The molecule has 1 saturated carbocycles. The summed E-state index contributed by atoms with van der Waals surface area (Å²) < 4.78 is 13.3. The van der Waals surface area contributed by atoms with Gasteiger partial charge in [-0.05, 0) is 43.4 Å². The van der Waals surface area contributed by atoms with Crippen LogP contribution < -0.4 is 5.32 Å². The Bertz CT molecular complexity index is 619. The highest BCUT2D eigenvalue weighted by Gasteiger charge is 2.20. The Morgan fingerprint density at radius 2 is 1.96 bits per heavy atom. The second-order valence-corrected chi connectivity index (χ2v) is 5.75. The Balaban J connectivity index is 2.01. The molecule has 1 aromatic carbocycles. The quantitative estimate of drug-likeness (QED) is 0.727. The van der Waals surface area contributed by atoms with E-state index in [1.807, 2.05) is 0 Å². The molecule has 1 fully saturated rings. The summed E-state index contributed by atoms with van der Waals surface area (Å²) in [5, 5.41) is 20.8. The maximum atomic E-state index is 13.3. The van der Waals surface area contributed by atoms with E-state index in [1.165, 1.54) is 12.1 Å². The normalized spacial score (nSPS) is 15.8. The summed E-state index contributed by atoms with van der Waals surface area (Å²) in [4.78, 5) is 23.3. The molecule has 3 N–H and O–H groups in total. The lowest BCUT2D eigenvalue weighted by molar-refractivity contribution is -0.141. The van der Waals surface area contributed by atoms with Gasteiger partial charge in [0, 0.05) is 12.5 Å². The van der Waals surface area contributed by atoms with Crippen LogP contribution in [0.3, 0.4) is 0 Å². The highest BCUT2D eigenvalue weighted by molar-refractivity contribution is 5.91. The van der Waals surface area contributed by atoms with E-state index in [0.717, 1.165) is 49.8 Å². The summed E-state index contributed by atoms with van der Waals surface area (Å²) in [5.74, 6) is -2.93. The van der Waals surface area contributed by atoms with Crippen LogP contribution in [-0.4, -0.2) is 28.1 Å². The van der Waals surface area contributed by atoms with Crippen molar-refractivity contribution in [1.82, 2.24) is 5.32 Å². The zero-order valence-electron chi connectivity index (χ0n) is 12.7. The molecule has 1 aliphatic rings. The van der Waals surface area contributed by atoms with Crippen molar-refractivity contribution in [2.75, 3.05) is 0 Å². The molecule has 0 radical (unpaired) electrons. The smallest absolute Gasteiger partial charge is 0.326 e. The first-order valence-electron chi connectivity index (χ1n) is 7.66. The van der Waals surface area contributed by atoms with Crippen LogP contribution >= 0.6 is 0 Å². The van der Waals surface area contributed by atoms with Crippen molar-refractivity contribution < 1.29 is 24.2 Å². The van der Waals surface area contributed by atoms with Gasteiger partial charge in [0.15, 0.2) is 11.6 Å². The average Bonchev–Trinajstić information content (AvgIpc) is 2.51. The third kappa shape index (κ3) is 5.09.